The van der Waals surface area contributed by atoms with E-state index < -0.39 is 5.60 Å². The monoisotopic (exact) mass is 278 g/mol. The highest BCUT2D eigenvalue weighted by molar-refractivity contribution is 9.11. The molecule has 1 aromatic rings. The van der Waals surface area contributed by atoms with Crippen LogP contribution in [0.25, 0.3) is 0 Å². The second-order valence-electron chi connectivity index (χ2n) is 3.39. The molecule has 1 atom stereocenters. The molecule has 0 aliphatic rings. The van der Waals surface area contributed by atoms with Crippen molar-refractivity contribution in [2.75, 3.05) is 13.7 Å². The van der Waals surface area contributed by atoms with Crippen LogP contribution in [0, 0.1) is 0 Å². The molecule has 1 N–H and O–H groups in total. The molecule has 0 amide bonds. The predicted octanol–water partition coefficient (Wildman–Crippen LogP) is 2.84. The Morgan fingerprint density at radius 3 is 2.71 bits per heavy atom. The first-order valence-electron chi connectivity index (χ1n) is 4.55. The Morgan fingerprint density at radius 2 is 2.29 bits per heavy atom. The van der Waals surface area contributed by atoms with Gasteiger partial charge in [-0.25, -0.2) is 0 Å². The van der Waals surface area contributed by atoms with Gasteiger partial charge in [-0.1, -0.05) is 6.92 Å². The molecule has 1 rings (SSSR count). The molecule has 0 radical (unpaired) electrons. The lowest BCUT2D eigenvalue weighted by Crippen LogP contribution is -2.35. The standard InChI is InChI=1S/C10H15BrO2S/c1-3-10(12,7-13-2)6-8-4-5-9(11)14-8/h4-5,12H,3,6-7H2,1-2H3. The van der Waals surface area contributed by atoms with Crippen molar-refractivity contribution in [1.29, 1.82) is 0 Å². The molecular formula is C10H15BrO2S. The highest BCUT2D eigenvalue weighted by Gasteiger charge is 2.25. The van der Waals surface area contributed by atoms with Crippen LogP contribution < -0.4 is 0 Å². The van der Waals surface area contributed by atoms with E-state index in [9.17, 15) is 5.11 Å². The molecule has 1 heterocycles. The fraction of sp³-hybridized carbons (Fsp3) is 0.600. The molecule has 0 aliphatic carbocycles. The molecule has 4 heteroatoms. The summed E-state index contributed by atoms with van der Waals surface area (Å²) >= 11 is 5.06. The molecule has 2 nitrogen and oxygen atoms in total. The van der Waals surface area contributed by atoms with E-state index in [0.29, 0.717) is 19.4 Å². The number of thiophene rings is 1. The normalized spacial score (nSPS) is 15.4. The van der Waals surface area contributed by atoms with Crippen molar-refractivity contribution < 1.29 is 9.84 Å². The van der Waals surface area contributed by atoms with Gasteiger partial charge >= 0.3 is 0 Å². The first-order chi connectivity index (χ1) is 6.59. The largest absolute Gasteiger partial charge is 0.387 e. The number of methoxy groups -OCH3 is 1. The number of rotatable bonds is 5. The van der Waals surface area contributed by atoms with Gasteiger partial charge in [-0.15, -0.1) is 11.3 Å². The maximum Gasteiger partial charge on any atom is 0.0925 e. The summed E-state index contributed by atoms with van der Waals surface area (Å²) in [4.78, 5) is 1.18. The molecule has 0 aromatic carbocycles. The van der Waals surface area contributed by atoms with Crippen molar-refractivity contribution in [2.45, 2.75) is 25.4 Å². The van der Waals surface area contributed by atoms with E-state index in [1.807, 2.05) is 19.1 Å². The summed E-state index contributed by atoms with van der Waals surface area (Å²) in [5, 5.41) is 10.1. The smallest absolute Gasteiger partial charge is 0.0925 e. The van der Waals surface area contributed by atoms with Gasteiger partial charge in [-0.05, 0) is 34.5 Å². The van der Waals surface area contributed by atoms with Gasteiger partial charge in [0.05, 0.1) is 16.0 Å². The van der Waals surface area contributed by atoms with E-state index in [0.717, 1.165) is 3.79 Å². The fourth-order valence-electron chi connectivity index (χ4n) is 1.32. The molecule has 0 spiro atoms. The van der Waals surface area contributed by atoms with Crippen molar-refractivity contribution in [3.05, 3.63) is 20.8 Å². The first kappa shape index (κ1) is 12.2. The Hall–Kier alpha value is 0.1000. The molecule has 0 aliphatic heterocycles. The summed E-state index contributed by atoms with van der Waals surface area (Å²) < 4.78 is 6.12. The van der Waals surface area contributed by atoms with Crippen LogP contribution in [0.2, 0.25) is 0 Å². The second kappa shape index (κ2) is 5.26. The van der Waals surface area contributed by atoms with E-state index in [-0.39, 0.29) is 0 Å². The minimum atomic E-state index is -0.723. The first-order valence-corrected chi connectivity index (χ1v) is 6.16. The van der Waals surface area contributed by atoms with Gasteiger partial charge in [0.2, 0.25) is 0 Å². The summed E-state index contributed by atoms with van der Waals surface area (Å²) in [5.41, 5.74) is -0.723. The van der Waals surface area contributed by atoms with Crippen molar-refractivity contribution in [3.63, 3.8) is 0 Å². The molecule has 0 fully saturated rings. The lowest BCUT2D eigenvalue weighted by atomic mass is 9.97. The van der Waals surface area contributed by atoms with E-state index in [2.05, 4.69) is 15.9 Å². The van der Waals surface area contributed by atoms with Gasteiger partial charge in [0.25, 0.3) is 0 Å². The average molecular weight is 279 g/mol. The minimum Gasteiger partial charge on any atom is -0.387 e. The lowest BCUT2D eigenvalue weighted by molar-refractivity contribution is -0.0327. The number of hydrogen-bond donors (Lipinski definition) is 1. The quantitative estimate of drug-likeness (QED) is 0.898. The lowest BCUT2D eigenvalue weighted by Gasteiger charge is -2.25. The van der Waals surface area contributed by atoms with Crippen LogP contribution in [0.5, 0.6) is 0 Å². The third-order valence-corrected chi connectivity index (χ3v) is 3.83. The average Bonchev–Trinajstić information content (AvgIpc) is 2.51. The second-order valence-corrected chi connectivity index (χ2v) is 5.94. The van der Waals surface area contributed by atoms with Gasteiger partial charge < -0.3 is 9.84 Å². The predicted molar refractivity (Wildman–Crippen MR) is 62.8 cm³/mol. The van der Waals surface area contributed by atoms with Gasteiger partial charge in [0.15, 0.2) is 0 Å². The maximum absolute atomic E-state index is 10.1. The number of ether oxygens (including phenoxy) is 1. The number of hydrogen-bond acceptors (Lipinski definition) is 3. The summed E-state index contributed by atoms with van der Waals surface area (Å²) in [6.45, 7) is 2.36. The van der Waals surface area contributed by atoms with Crippen LogP contribution in [0.1, 0.15) is 18.2 Å². The van der Waals surface area contributed by atoms with Crippen molar-refractivity contribution >= 4 is 27.3 Å². The molecule has 0 saturated heterocycles. The topological polar surface area (TPSA) is 29.5 Å². The molecule has 0 saturated carbocycles. The Morgan fingerprint density at radius 1 is 1.57 bits per heavy atom. The zero-order valence-corrected chi connectivity index (χ0v) is 10.8. The minimum absolute atomic E-state index is 0.388. The zero-order chi connectivity index (χ0) is 10.6. The molecular weight excluding hydrogens is 264 g/mol. The van der Waals surface area contributed by atoms with Crippen LogP contribution in [-0.4, -0.2) is 24.4 Å². The van der Waals surface area contributed by atoms with Gasteiger partial charge in [0.1, 0.15) is 0 Å². The number of aliphatic hydroxyl groups is 1. The Labute approximate surface area is 97.0 Å². The molecule has 1 aromatic heterocycles. The Balaban J connectivity index is 2.64. The van der Waals surface area contributed by atoms with Crippen LogP contribution in [0.4, 0.5) is 0 Å². The van der Waals surface area contributed by atoms with Crippen LogP contribution in [-0.2, 0) is 11.2 Å². The Bertz CT molecular complexity index is 287. The summed E-state index contributed by atoms with van der Waals surface area (Å²) in [6, 6.07) is 4.04. The number of halogens is 1. The molecule has 0 bridgehead atoms. The van der Waals surface area contributed by atoms with Crippen LogP contribution >= 0.6 is 27.3 Å². The summed E-state index contributed by atoms with van der Waals surface area (Å²) in [7, 11) is 1.62. The molecule has 14 heavy (non-hydrogen) atoms. The van der Waals surface area contributed by atoms with Gasteiger partial charge in [-0.3, -0.25) is 0 Å². The van der Waals surface area contributed by atoms with Crippen molar-refractivity contribution in [2.24, 2.45) is 0 Å². The van der Waals surface area contributed by atoms with Crippen molar-refractivity contribution in [1.82, 2.24) is 0 Å². The van der Waals surface area contributed by atoms with Crippen LogP contribution in [0.15, 0.2) is 15.9 Å². The maximum atomic E-state index is 10.1. The van der Waals surface area contributed by atoms with E-state index >= 15 is 0 Å². The SMILES string of the molecule is CCC(O)(COC)Cc1ccc(Br)s1. The summed E-state index contributed by atoms with van der Waals surface area (Å²) in [5.74, 6) is 0. The van der Waals surface area contributed by atoms with E-state index in [4.69, 9.17) is 4.74 Å². The van der Waals surface area contributed by atoms with Gasteiger partial charge in [0, 0.05) is 18.4 Å². The third-order valence-electron chi connectivity index (χ3n) is 2.20. The van der Waals surface area contributed by atoms with Crippen molar-refractivity contribution in [3.8, 4) is 0 Å². The molecule has 1 unspecified atom stereocenters. The highest BCUT2D eigenvalue weighted by Crippen LogP contribution is 2.27. The van der Waals surface area contributed by atoms with Crippen LogP contribution in [0.3, 0.4) is 0 Å². The fourth-order valence-corrected chi connectivity index (χ4v) is 2.94. The van der Waals surface area contributed by atoms with E-state index in [1.165, 1.54) is 4.88 Å². The zero-order valence-electron chi connectivity index (χ0n) is 8.42. The summed E-state index contributed by atoms with van der Waals surface area (Å²) in [6.07, 6.45) is 1.37. The highest BCUT2D eigenvalue weighted by atomic mass is 79.9. The molecule has 80 valence electrons. The van der Waals surface area contributed by atoms with Gasteiger partial charge in [-0.2, -0.15) is 0 Å². The Kier molecular flexibility index (Phi) is 4.57. The van der Waals surface area contributed by atoms with E-state index in [1.54, 1.807) is 18.4 Å². The third kappa shape index (κ3) is 3.35.